The number of nitrogens with one attached hydrogen (secondary N) is 1. The molecular weight excluding hydrogens is 804 g/mol. The highest BCUT2D eigenvalue weighted by Gasteiger charge is 2.17. The molecule has 0 saturated carbocycles. The van der Waals surface area contributed by atoms with Gasteiger partial charge in [-0.3, -0.25) is 14.6 Å². The number of hydrogen-bond acceptors (Lipinski definition) is 12. The van der Waals surface area contributed by atoms with Crippen molar-refractivity contribution in [2.24, 2.45) is 0 Å². The second-order valence-electron chi connectivity index (χ2n) is 14.5. The van der Waals surface area contributed by atoms with E-state index < -0.39 is 30.6 Å². The summed E-state index contributed by atoms with van der Waals surface area (Å²) < 4.78 is 24.1. The molecule has 320 valence electrons. The molecule has 0 fully saturated rings. The van der Waals surface area contributed by atoms with Gasteiger partial charge in [-0.25, -0.2) is 0 Å². The molecule has 5 rings (SSSR count). The first-order valence-electron chi connectivity index (χ1n) is 19.6. The molecule has 5 aromatic rings. The molecule has 2 aromatic heterocycles. The van der Waals surface area contributed by atoms with E-state index in [9.17, 15) is 25.1 Å². The number of carbonyl (C=O) groups is 2. The van der Waals surface area contributed by atoms with Gasteiger partial charge in [0.1, 0.15) is 37.4 Å². The average Bonchev–Trinajstić information content (AvgIpc) is 3.23. The summed E-state index contributed by atoms with van der Waals surface area (Å²) in [6.07, 6.45) is 1.89. The lowest BCUT2D eigenvalue weighted by atomic mass is 9.92. The van der Waals surface area contributed by atoms with Gasteiger partial charge in [0.2, 0.25) is 11.8 Å². The minimum Gasteiger partial charge on any atom is -0.488 e. The van der Waals surface area contributed by atoms with E-state index in [2.05, 4.69) is 33.5 Å². The van der Waals surface area contributed by atoms with Gasteiger partial charge in [0.15, 0.2) is 0 Å². The van der Waals surface area contributed by atoms with Gasteiger partial charge in [-0.2, -0.15) is 10.2 Å². The van der Waals surface area contributed by atoms with Crippen LogP contribution in [0.25, 0.3) is 11.1 Å². The van der Waals surface area contributed by atoms with Crippen molar-refractivity contribution >= 4 is 23.5 Å². The summed E-state index contributed by atoms with van der Waals surface area (Å²) in [5.41, 5.74) is 8.56. The Bertz CT molecular complexity index is 2350. The van der Waals surface area contributed by atoms with Crippen LogP contribution in [0.1, 0.15) is 70.2 Å². The standard InChI is InChI=1S/C46H49ClN4O10/c1-28-33(26-60-42-19-41(59-25-31-15-30(20-48)21-49-22-31)35(16-40(42)47)23-50-24-37(53)18-45(56)57)8-5-11-38(28)39-12-6-9-34(29(39)2)27-61-43-14-13-32(46(51-43)58-3)7-4-10-36(52)17-44(54)55/h5-6,8-9,11-16,19,21-22,36-37,50,52-53H,4,7,10,17-18,23-27H2,1-3H3,(H,54,55)(H,56,57)/t36-,37+/m1/s1. The van der Waals surface area contributed by atoms with Gasteiger partial charge >= 0.3 is 11.9 Å². The quantitative estimate of drug-likeness (QED) is 0.0443. The predicted octanol–water partition coefficient (Wildman–Crippen LogP) is 7.11. The maximum absolute atomic E-state index is 11.0. The molecule has 5 N–H and O–H groups in total. The summed E-state index contributed by atoms with van der Waals surface area (Å²) >= 11 is 6.75. The van der Waals surface area contributed by atoms with Gasteiger partial charge in [0.05, 0.1) is 42.7 Å². The van der Waals surface area contributed by atoms with Crippen molar-refractivity contribution in [2.45, 2.75) is 84.5 Å². The fourth-order valence-corrected chi connectivity index (χ4v) is 6.94. The molecule has 0 amide bonds. The highest BCUT2D eigenvalue weighted by molar-refractivity contribution is 6.32. The number of aliphatic carboxylic acids is 2. The average molecular weight is 853 g/mol. The molecule has 14 nitrogen and oxygen atoms in total. The summed E-state index contributed by atoms with van der Waals surface area (Å²) in [5.74, 6) is -0.514. The third kappa shape index (κ3) is 13.4. The Morgan fingerprint density at radius 1 is 0.803 bits per heavy atom. The van der Waals surface area contributed by atoms with Gasteiger partial charge in [-0.15, -0.1) is 0 Å². The zero-order chi connectivity index (χ0) is 43.9. The number of halogens is 1. The smallest absolute Gasteiger partial charge is 0.306 e. The SMILES string of the molecule is COc1nc(OCc2cccc(-c3cccc(COc4cc(OCc5cncc(C#N)c5)c(CNC[C@@H](O)CC(=O)O)cc4Cl)c3C)c2C)ccc1CCC[C@@H](O)CC(=O)O. The summed E-state index contributed by atoms with van der Waals surface area (Å²) in [4.78, 5) is 30.5. The van der Waals surface area contributed by atoms with Gasteiger partial charge in [0, 0.05) is 54.3 Å². The zero-order valence-electron chi connectivity index (χ0n) is 34.2. The van der Waals surface area contributed by atoms with E-state index in [1.807, 2.05) is 44.2 Å². The molecule has 0 aliphatic rings. The first-order chi connectivity index (χ1) is 29.3. The van der Waals surface area contributed by atoms with E-state index in [0.717, 1.165) is 38.9 Å². The van der Waals surface area contributed by atoms with E-state index in [0.29, 0.717) is 64.2 Å². The molecule has 0 unspecified atom stereocenters. The topological polar surface area (TPSA) is 214 Å². The second-order valence-corrected chi connectivity index (χ2v) is 14.9. The number of hydrogen-bond donors (Lipinski definition) is 5. The number of methoxy groups -OCH3 is 1. The maximum Gasteiger partial charge on any atom is 0.306 e. The number of pyridine rings is 2. The first-order valence-corrected chi connectivity index (χ1v) is 20.0. The third-order valence-electron chi connectivity index (χ3n) is 9.98. The Balaban J connectivity index is 1.28. The number of aliphatic hydroxyl groups excluding tert-OH is 2. The summed E-state index contributed by atoms with van der Waals surface area (Å²) in [7, 11) is 1.53. The van der Waals surface area contributed by atoms with Crippen LogP contribution >= 0.6 is 11.6 Å². The van der Waals surface area contributed by atoms with E-state index in [4.69, 9.17) is 40.8 Å². The van der Waals surface area contributed by atoms with Crippen LogP contribution in [0.15, 0.2) is 79.1 Å². The van der Waals surface area contributed by atoms with Crippen LogP contribution in [0.5, 0.6) is 23.3 Å². The molecule has 0 aliphatic carbocycles. The molecule has 0 spiro atoms. The van der Waals surface area contributed by atoms with Crippen LogP contribution in [-0.4, -0.2) is 68.2 Å². The summed E-state index contributed by atoms with van der Waals surface area (Å²) in [6.45, 7) is 4.89. The number of benzene rings is 3. The number of nitriles is 1. The van der Waals surface area contributed by atoms with E-state index in [1.165, 1.54) is 13.3 Å². The lowest BCUT2D eigenvalue weighted by molar-refractivity contribution is -0.140. The number of ether oxygens (including phenoxy) is 4. The summed E-state index contributed by atoms with van der Waals surface area (Å²) in [5, 5.41) is 50.5. The molecule has 0 radical (unpaired) electrons. The number of carboxylic acids is 2. The van der Waals surface area contributed by atoms with Crippen LogP contribution in [0.3, 0.4) is 0 Å². The first kappa shape index (κ1) is 45.8. The zero-order valence-corrected chi connectivity index (χ0v) is 34.9. The van der Waals surface area contributed by atoms with Crippen molar-refractivity contribution in [1.29, 1.82) is 5.26 Å². The molecule has 0 aliphatic heterocycles. The van der Waals surface area contributed by atoms with Crippen LogP contribution < -0.4 is 24.3 Å². The van der Waals surface area contributed by atoms with Crippen molar-refractivity contribution in [3.05, 3.63) is 129 Å². The Morgan fingerprint density at radius 3 is 2.11 bits per heavy atom. The number of carboxylic acid groups (broad SMARTS) is 2. The fraction of sp³-hybridized carbons (Fsp3) is 0.326. The summed E-state index contributed by atoms with van der Waals surface area (Å²) in [6, 6.07) is 22.8. The van der Waals surface area contributed by atoms with Crippen LogP contribution in [0.4, 0.5) is 0 Å². The Hall–Kier alpha value is -6.24. The predicted molar refractivity (Wildman–Crippen MR) is 227 cm³/mol. The molecule has 0 saturated heterocycles. The Morgan fingerprint density at radius 2 is 1.46 bits per heavy atom. The highest BCUT2D eigenvalue weighted by atomic mass is 35.5. The van der Waals surface area contributed by atoms with Crippen molar-refractivity contribution in [3.8, 4) is 40.5 Å². The lowest BCUT2D eigenvalue weighted by Crippen LogP contribution is -2.28. The van der Waals surface area contributed by atoms with Crippen LogP contribution in [0, 0.1) is 25.2 Å². The Labute approximate surface area is 359 Å². The monoisotopic (exact) mass is 852 g/mol. The minimum atomic E-state index is -1.10. The number of nitrogens with zero attached hydrogens (tertiary/aromatic N) is 3. The normalized spacial score (nSPS) is 12.0. The second kappa shape index (κ2) is 22.4. The largest absolute Gasteiger partial charge is 0.488 e. The van der Waals surface area contributed by atoms with Crippen molar-refractivity contribution < 1.29 is 49.0 Å². The molecule has 61 heavy (non-hydrogen) atoms. The third-order valence-corrected chi connectivity index (χ3v) is 10.3. The maximum atomic E-state index is 11.0. The number of rotatable bonds is 23. The number of aromatic nitrogens is 2. The molecule has 0 bridgehead atoms. The minimum absolute atomic E-state index is 0.0372. The molecule has 2 heterocycles. The van der Waals surface area contributed by atoms with Crippen LogP contribution in [-0.2, 0) is 42.4 Å². The number of aliphatic hydroxyl groups is 2. The van der Waals surface area contributed by atoms with Gasteiger partial charge in [0.25, 0.3) is 0 Å². The number of aryl methyl sites for hydroxylation is 1. The molecule has 2 atom stereocenters. The van der Waals surface area contributed by atoms with Gasteiger partial charge in [-0.05, 0) is 84.7 Å². The van der Waals surface area contributed by atoms with Gasteiger partial charge < -0.3 is 44.7 Å². The van der Waals surface area contributed by atoms with E-state index >= 15 is 0 Å². The van der Waals surface area contributed by atoms with E-state index in [1.54, 1.807) is 30.5 Å². The van der Waals surface area contributed by atoms with Crippen molar-refractivity contribution in [1.82, 2.24) is 15.3 Å². The highest BCUT2D eigenvalue weighted by Crippen LogP contribution is 2.36. The van der Waals surface area contributed by atoms with Crippen molar-refractivity contribution in [2.75, 3.05) is 13.7 Å². The molecule has 3 aromatic carbocycles. The van der Waals surface area contributed by atoms with Crippen LogP contribution in [0.2, 0.25) is 5.02 Å². The van der Waals surface area contributed by atoms with Gasteiger partial charge in [-0.1, -0.05) is 48.0 Å². The van der Waals surface area contributed by atoms with E-state index in [-0.39, 0.29) is 39.3 Å². The fourth-order valence-electron chi connectivity index (χ4n) is 6.70. The Kier molecular flexibility index (Phi) is 16.8. The van der Waals surface area contributed by atoms with Crippen molar-refractivity contribution in [3.63, 3.8) is 0 Å². The molecular formula is C46H49ClN4O10. The lowest BCUT2D eigenvalue weighted by Gasteiger charge is -2.18. The molecule has 15 heteroatoms.